The third-order valence-corrected chi connectivity index (χ3v) is 4.44. The van der Waals surface area contributed by atoms with Crippen LogP contribution in [0.2, 0.25) is 0 Å². The third-order valence-electron chi connectivity index (χ3n) is 3.51. The standard InChI is InChI=1S/C13H20N2O3S/c1-10(2)14(12-3-5-18-6-4-12)8-11-7-13(15(16)17)19-9-11/h7,9-10,12H,3-6,8H2,1-2H3. The first-order valence-electron chi connectivity index (χ1n) is 6.63. The number of nitro groups is 1. The maximum absolute atomic E-state index is 10.7. The number of ether oxygens (including phenoxy) is 1. The van der Waals surface area contributed by atoms with Gasteiger partial charge in [0.25, 0.3) is 0 Å². The quantitative estimate of drug-likeness (QED) is 0.616. The van der Waals surface area contributed by atoms with Crippen LogP contribution in [0.1, 0.15) is 32.3 Å². The topological polar surface area (TPSA) is 55.6 Å². The van der Waals surface area contributed by atoms with Gasteiger partial charge >= 0.3 is 5.00 Å². The van der Waals surface area contributed by atoms with E-state index in [-0.39, 0.29) is 9.92 Å². The lowest BCUT2D eigenvalue weighted by Crippen LogP contribution is -2.42. The fourth-order valence-corrected chi connectivity index (χ4v) is 3.22. The zero-order valence-electron chi connectivity index (χ0n) is 11.4. The molecule has 0 atom stereocenters. The first kappa shape index (κ1) is 14.4. The zero-order chi connectivity index (χ0) is 13.8. The molecule has 19 heavy (non-hydrogen) atoms. The number of hydrogen-bond acceptors (Lipinski definition) is 5. The van der Waals surface area contributed by atoms with Crippen LogP contribution in [0, 0.1) is 10.1 Å². The van der Waals surface area contributed by atoms with Gasteiger partial charge in [0, 0.05) is 43.3 Å². The molecule has 5 nitrogen and oxygen atoms in total. The Kier molecular flexibility index (Phi) is 4.90. The number of hydrogen-bond donors (Lipinski definition) is 0. The van der Waals surface area contributed by atoms with Crippen molar-refractivity contribution >= 4 is 16.3 Å². The van der Waals surface area contributed by atoms with E-state index in [1.807, 2.05) is 5.38 Å². The second-order valence-electron chi connectivity index (χ2n) is 5.16. The van der Waals surface area contributed by atoms with Crippen LogP contribution in [-0.2, 0) is 11.3 Å². The highest BCUT2D eigenvalue weighted by atomic mass is 32.1. The Morgan fingerprint density at radius 2 is 2.21 bits per heavy atom. The second-order valence-corrected chi connectivity index (χ2v) is 6.05. The van der Waals surface area contributed by atoms with Crippen molar-refractivity contribution in [2.45, 2.75) is 45.3 Å². The highest BCUT2D eigenvalue weighted by Gasteiger charge is 2.24. The van der Waals surface area contributed by atoms with Crippen LogP contribution in [0.5, 0.6) is 0 Å². The molecule has 0 aromatic carbocycles. The minimum Gasteiger partial charge on any atom is -0.381 e. The van der Waals surface area contributed by atoms with E-state index in [0.29, 0.717) is 12.1 Å². The van der Waals surface area contributed by atoms with Crippen molar-refractivity contribution in [3.63, 3.8) is 0 Å². The maximum atomic E-state index is 10.7. The van der Waals surface area contributed by atoms with Crippen molar-refractivity contribution in [3.05, 3.63) is 27.1 Å². The maximum Gasteiger partial charge on any atom is 0.324 e. The average molecular weight is 284 g/mol. The summed E-state index contributed by atoms with van der Waals surface area (Å²) in [5.41, 5.74) is 1.04. The normalized spacial score (nSPS) is 17.3. The summed E-state index contributed by atoms with van der Waals surface area (Å²) in [5, 5.41) is 12.8. The van der Waals surface area contributed by atoms with Gasteiger partial charge in [-0.15, -0.1) is 0 Å². The average Bonchev–Trinajstić information content (AvgIpc) is 2.85. The third kappa shape index (κ3) is 3.75. The van der Waals surface area contributed by atoms with Crippen LogP contribution >= 0.6 is 11.3 Å². The second kappa shape index (κ2) is 6.45. The van der Waals surface area contributed by atoms with Crippen LogP contribution in [-0.4, -0.2) is 35.1 Å². The van der Waals surface area contributed by atoms with Gasteiger partial charge in [0.05, 0.1) is 4.92 Å². The fraction of sp³-hybridized carbons (Fsp3) is 0.692. The Balaban J connectivity index is 2.04. The summed E-state index contributed by atoms with van der Waals surface area (Å²) in [5.74, 6) is 0. The van der Waals surface area contributed by atoms with Gasteiger partial charge in [0.1, 0.15) is 0 Å². The van der Waals surface area contributed by atoms with Crippen LogP contribution in [0.3, 0.4) is 0 Å². The molecule has 1 saturated heterocycles. The molecule has 0 amide bonds. The van der Waals surface area contributed by atoms with Crippen molar-refractivity contribution in [1.29, 1.82) is 0 Å². The van der Waals surface area contributed by atoms with Gasteiger partial charge in [-0.25, -0.2) is 0 Å². The Hall–Kier alpha value is -0.980. The van der Waals surface area contributed by atoms with E-state index in [1.165, 1.54) is 11.3 Å². The van der Waals surface area contributed by atoms with Crippen molar-refractivity contribution in [3.8, 4) is 0 Å². The molecule has 0 unspecified atom stereocenters. The molecule has 2 rings (SSSR count). The predicted molar refractivity (Wildman–Crippen MR) is 75.5 cm³/mol. The molecule has 1 aliphatic rings. The zero-order valence-corrected chi connectivity index (χ0v) is 12.2. The predicted octanol–water partition coefficient (Wildman–Crippen LogP) is 3.05. The van der Waals surface area contributed by atoms with Crippen LogP contribution < -0.4 is 0 Å². The van der Waals surface area contributed by atoms with Gasteiger partial charge in [0.2, 0.25) is 0 Å². The number of nitrogens with zero attached hydrogens (tertiary/aromatic N) is 2. The van der Waals surface area contributed by atoms with Crippen molar-refractivity contribution < 1.29 is 9.66 Å². The lowest BCUT2D eigenvalue weighted by molar-refractivity contribution is -0.380. The first-order chi connectivity index (χ1) is 9.08. The van der Waals surface area contributed by atoms with Gasteiger partial charge in [-0.2, -0.15) is 0 Å². The molecule has 0 spiro atoms. The van der Waals surface area contributed by atoms with E-state index < -0.39 is 0 Å². The molecule has 106 valence electrons. The largest absolute Gasteiger partial charge is 0.381 e. The van der Waals surface area contributed by atoms with Gasteiger partial charge in [0.15, 0.2) is 0 Å². The molecular formula is C13H20N2O3S. The Labute approximate surface area is 117 Å². The van der Waals surface area contributed by atoms with Crippen molar-refractivity contribution in [2.75, 3.05) is 13.2 Å². The Bertz CT molecular complexity index is 427. The van der Waals surface area contributed by atoms with Crippen molar-refractivity contribution in [2.24, 2.45) is 0 Å². The SMILES string of the molecule is CC(C)N(Cc1csc([N+](=O)[O-])c1)C1CCOCC1. The molecule has 6 heteroatoms. The molecule has 1 aliphatic heterocycles. The van der Waals surface area contributed by atoms with Gasteiger partial charge < -0.3 is 4.74 Å². The summed E-state index contributed by atoms with van der Waals surface area (Å²) in [6.45, 7) is 6.77. The monoisotopic (exact) mass is 284 g/mol. The summed E-state index contributed by atoms with van der Waals surface area (Å²) in [7, 11) is 0. The molecule has 0 radical (unpaired) electrons. The van der Waals surface area contributed by atoms with Gasteiger partial charge in [-0.1, -0.05) is 11.3 Å². The molecule has 0 bridgehead atoms. The Morgan fingerprint density at radius 1 is 1.53 bits per heavy atom. The highest BCUT2D eigenvalue weighted by molar-refractivity contribution is 7.13. The molecule has 0 N–H and O–H groups in total. The molecule has 0 aliphatic carbocycles. The molecular weight excluding hydrogens is 264 g/mol. The smallest absolute Gasteiger partial charge is 0.324 e. The summed E-state index contributed by atoms with van der Waals surface area (Å²) in [6.07, 6.45) is 2.09. The summed E-state index contributed by atoms with van der Waals surface area (Å²) in [4.78, 5) is 12.8. The number of rotatable bonds is 5. The highest BCUT2D eigenvalue weighted by Crippen LogP contribution is 2.26. The molecule has 1 fully saturated rings. The van der Waals surface area contributed by atoms with E-state index >= 15 is 0 Å². The first-order valence-corrected chi connectivity index (χ1v) is 7.51. The van der Waals surface area contributed by atoms with Crippen LogP contribution in [0.25, 0.3) is 0 Å². The van der Waals surface area contributed by atoms with E-state index in [1.54, 1.807) is 6.07 Å². The van der Waals surface area contributed by atoms with E-state index in [0.717, 1.165) is 38.2 Å². The molecule has 1 aromatic heterocycles. The minimum absolute atomic E-state index is 0.227. The lowest BCUT2D eigenvalue weighted by Gasteiger charge is -2.37. The summed E-state index contributed by atoms with van der Waals surface area (Å²) in [6, 6.07) is 2.65. The van der Waals surface area contributed by atoms with Crippen molar-refractivity contribution in [1.82, 2.24) is 4.90 Å². The molecule has 0 saturated carbocycles. The fourth-order valence-electron chi connectivity index (χ4n) is 2.50. The van der Waals surface area contributed by atoms with Crippen LogP contribution in [0.15, 0.2) is 11.4 Å². The lowest BCUT2D eigenvalue weighted by atomic mass is 10.0. The van der Waals surface area contributed by atoms with E-state index in [2.05, 4.69) is 18.7 Å². The minimum atomic E-state index is -0.317. The molecule has 2 heterocycles. The van der Waals surface area contributed by atoms with E-state index in [4.69, 9.17) is 4.74 Å². The van der Waals surface area contributed by atoms with E-state index in [9.17, 15) is 10.1 Å². The molecule has 1 aromatic rings. The Morgan fingerprint density at radius 3 is 2.74 bits per heavy atom. The van der Waals surface area contributed by atoms with Gasteiger partial charge in [-0.3, -0.25) is 15.0 Å². The van der Waals surface area contributed by atoms with Gasteiger partial charge in [-0.05, 0) is 32.3 Å². The summed E-state index contributed by atoms with van der Waals surface area (Å²) < 4.78 is 5.40. The number of thiophene rings is 1. The van der Waals surface area contributed by atoms with Crippen LogP contribution in [0.4, 0.5) is 5.00 Å². The summed E-state index contributed by atoms with van der Waals surface area (Å²) >= 11 is 1.21.